The monoisotopic (exact) mass is 183 g/mol. The molecule has 0 saturated carbocycles. The second-order valence-electron chi connectivity index (χ2n) is 3.15. The fourth-order valence-corrected chi connectivity index (χ4v) is 1.38. The van der Waals surface area contributed by atoms with E-state index >= 15 is 0 Å². The van der Waals surface area contributed by atoms with Crippen molar-refractivity contribution in [2.24, 2.45) is 0 Å². The van der Waals surface area contributed by atoms with Crippen molar-refractivity contribution in [3.05, 3.63) is 60.2 Å². The van der Waals surface area contributed by atoms with Crippen molar-refractivity contribution in [2.45, 2.75) is 6.61 Å². The average Bonchev–Trinajstić information content (AvgIpc) is 2.30. The van der Waals surface area contributed by atoms with Crippen LogP contribution in [0.4, 0.5) is 0 Å². The summed E-state index contributed by atoms with van der Waals surface area (Å²) in [5.41, 5.74) is 3.24. The van der Waals surface area contributed by atoms with Gasteiger partial charge in [0.25, 0.3) is 0 Å². The summed E-state index contributed by atoms with van der Waals surface area (Å²) in [6.45, 7) is 0.0984. The van der Waals surface area contributed by atoms with E-state index < -0.39 is 0 Å². The lowest BCUT2D eigenvalue weighted by Gasteiger charge is -2.01. The summed E-state index contributed by atoms with van der Waals surface area (Å²) in [6, 6.07) is 18.8. The zero-order valence-corrected chi connectivity index (χ0v) is 7.77. The predicted molar refractivity (Wildman–Crippen MR) is 56.6 cm³/mol. The van der Waals surface area contributed by atoms with Crippen LogP contribution in [0.5, 0.6) is 0 Å². The van der Waals surface area contributed by atoms with Crippen molar-refractivity contribution in [3.8, 4) is 11.1 Å². The molecule has 0 aliphatic heterocycles. The highest BCUT2D eigenvalue weighted by molar-refractivity contribution is 5.63. The van der Waals surface area contributed by atoms with E-state index in [0.717, 1.165) is 16.7 Å². The first kappa shape index (κ1) is 8.97. The third kappa shape index (κ3) is 1.83. The molecule has 1 heteroatoms. The molecular weight excluding hydrogens is 172 g/mol. The molecule has 0 heterocycles. The Labute approximate surface area is 83.6 Å². The molecule has 14 heavy (non-hydrogen) atoms. The number of benzene rings is 2. The fraction of sp³-hybridized carbons (Fsp3) is 0.0769. The normalized spacial score (nSPS) is 10.1. The highest BCUT2D eigenvalue weighted by atomic mass is 16.3. The average molecular weight is 183 g/mol. The lowest BCUT2D eigenvalue weighted by molar-refractivity contribution is 0.282. The van der Waals surface area contributed by atoms with E-state index in [9.17, 15) is 0 Å². The Morgan fingerprint density at radius 1 is 1.00 bits per heavy atom. The van der Waals surface area contributed by atoms with Crippen molar-refractivity contribution >= 4 is 0 Å². The van der Waals surface area contributed by atoms with E-state index in [-0.39, 0.29) is 6.61 Å². The molecule has 2 rings (SSSR count). The first-order valence-corrected chi connectivity index (χ1v) is 4.56. The Morgan fingerprint density at radius 2 is 1.79 bits per heavy atom. The smallest absolute Gasteiger partial charge is 0.0681 e. The lowest BCUT2D eigenvalue weighted by Crippen LogP contribution is -1.82. The van der Waals surface area contributed by atoms with Gasteiger partial charge in [-0.25, -0.2) is 0 Å². The SMILES string of the molecule is OCc1ccc(-c2c[c]ccc2)cc1. The van der Waals surface area contributed by atoms with E-state index in [1.165, 1.54) is 0 Å². The number of aliphatic hydroxyl groups is 1. The minimum atomic E-state index is 0.0984. The number of aliphatic hydroxyl groups excluding tert-OH is 1. The molecule has 0 bridgehead atoms. The lowest BCUT2D eigenvalue weighted by atomic mass is 10.0. The van der Waals surface area contributed by atoms with Crippen molar-refractivity contribution < 1.29 is 5.11 Å². The maximum absolute atomic E-state index is 8.89. The molecule has 0 fully saturated rings. The summed E-state index contributed by atoms with van der Waals surface area (Å²) in [4.78, 5) is 0. The van der Waals surface area contributed by atoms with Crippen LogP contribution in [0.2, 0.25) is 0 Å². The first-order valence-electron chi connectivity index (χ1n) is 4.56. The molecule has 0 aromatic heterocycles. The van der Waals surface area contributed by atoms with Gasteiger partial charge in [0.15, 0.2) is 0 Å². The fourth-order valence-electron chi connectivity index (χ4n) is 1.38. The van der Waals surface area contributed by atoms with Gasteiger partial charge in [-0.2, -0.15) is 0 Å². The molecule has 1 N–H and O–H groups in total. The van der Waals surface area contributed by atoms with E-state index in [2.05, 4.69) is 6.07 Å². The molecule has 2 aromatic carbocycles. The van der Waals surface area contributed by atoms with Gasteiger partial charge < -0.3 is 5.11 Å². The van der Waals surface area contributed by atoms with Gasteiger partial charge in [-0.3, -0.25) is 0 Å². The first-order chi connectivity index (χ1) is 6.90. The summed E-state index contributed by atoms with van der Waals surface area (Å²) >= 11 is 0. The Kier molecular flexibility index (Phi) is 2.61. The molecule has 0 spiro atoms. The van der Waals surface area contributed by atoms with Crippen LogP contribution in [0.3, 0.4) is 0 Å². The number of rotatable bonds is 2. The Morgan fingerprint density at radius 3 is 2.36 bits per heavy atom. The van der Waals surface area contributed by atoms with Crippen LogP contribution in [0.25, 0.3) is 11.1 Å². The summed E-state index contributed by atoms with van der Waals surface area (Å²) in [5.74, 6) is 0. The summed E-state index contributed by atoms with van der Waals surface area (Å²) in [7, 11) is 0. The van der Waals surface area contributed by atoms with Gasteiger partial charge in [-0.1, -0.05) is 42.5 Å². The molecule has 0 aliphatic carbocycles. The van der Waals surface area contributed by atoms with Crippen LogP contribution < -0.4 is 0 Å². The van der Waals surface area contributed by atoms with Crippen LogP contribution >= 0.6 is 0 Å². The second kappa shape index (κ2) is 4.07. The Bertz CT molecular complexity index is 389. The van der Waals surface area contributed by atoms with Crippen LogP contribution in [0.1, 0.15) is 5.56 Å². The maximum Gasteiger partial charge on any atom is 0.0681 e. The molecule has 0 atom stereocenters. The van der Waals surface area contributed by atoms with Crippen LogP contribution in [0, 0.1) is 6.07 Å². The third-order valence-corrected chi connectivity index (χ3v) is 2.18. The predicted octanol–water partition coefficient (Wildman–Crippen LogP) is 2.65. The van der Waals surface area contributed by atoms with Crippen molar-refractivity contribution in [3.63, 3.8) is 0 Å². The van der Waals surface area contributed by atoms with Gasteiger partial charge in [-0.05, 0) is 28.8 Å². The minimum absolute atomic E-state index is 0.0984. The van der Waals surface area contributed by atoms with E-state index in [1.54, 1.807) is 0 Å². The van der Waals surface area contributed by atoms with Gasteiger partial charge >= 0.3 is 0 Å². The zero-order valence-electron chi connectivity index (χ0n) is 7.77. The summed E-state index contributed by atoms with van der Waals surface area (Å²) in [5, 5.41) is 8.89. The van der Waals surface area contributed by atoms with Gasteiger partial charge in [0.2, 0.25) is 0 Å². The van der Waals surface area contributed by atoms with Crippen LogP contribution in [0.15, 0.2) is 48.5 Å². The largest absolute Gasteiger partial charge is 0.392 e. The standard InChI is InChI=1S/C13H11O/c14-10-11-6-8-13(9-7-11)12-4-2-1-3-5-12/h1-2,4-9,14H,10H2. The maximum atomic E-state index is 8.89. The van der Waals surface area contributed by atoms with E-state index in [4.69, 9.17) is 5.11 Å². The van der Waals surface area contributed by atoms with E-state index in [0.29, 0.717) is 0 Å². The van der Waals surface area contributed by atoms with Gasteiger partial charge in [0.1, 0.15) is 0 Å². The molecule has 1 radical (unpaired) electrons. The van der Waals surface area contributed by atoms with Crippen molar-refractivity contribution in [1.82, 2.24) is 0 Å². The number of hydrogen-bond acceptors (Lipinski definition) is 1. The zero-order chi connectivity index (χ0) is 9.80. The van der Waals surface area contributed by atoms with Crippen LogP contribution in [-0.4, -0.2) is 5.11 Å². The third-order valence-electron chi connectivity index (χ3n) is 2.18. The summed E-state index contributed by atoms with van der Waals surface area (Å²) in [6.07, 6.45) is 0. The highest BCUT2D eigenvalue weighted by Crippen LogP contribution is 2.18. The van der Waals surface area contributed by atoms with Gasteiger partial charge in [-0.15, -0.1) is 0 Å². The molecule has 0 saturated heterocycles. The molecule has 0 unspecified atom stereocenters. The molecular formula is C13H11O. The molecule has 69 valence electrons. The van der Waals surface area contributed by atoms with Crippen molar-refractivity contribution in [2.75, 3.05) is 0 Å². The van der Waals surface area contributed by atoms with Crippen LogP contribution in [-0.2, 0) is 6.61 Å². The summed E-state index contributed by atoms with van der Waals surface area (Å²) < 4.78 is 0. The Hall–Kier alpha value is -1.60. The quantitative estimate of drug-likeness (QED) is 0.758. The van der Waals surface area contributed by atoms with E-state index in [1.807, 2.05) is 48.5 Å². The minimum Gasteiger partial charge on any atom is -0.392 e. The highest BCUT2D eigenvalue weighted by Gasteiger charge is 1.95. The molecule has 0 aliphatic rings. The van der Waals surface area contributed by atoms with Gasteiger partial charge in [0, 0.05) is 0 Å². The Balaban J connectivity index is 2.34. The van der Waals surface area contributed by atoms with Crippen molar-refractivity contribution in [1.29, 1.82) is 0 Å². The topological polar surface area (TPSA) is 20.2 Å². The molecule has 0 amide bonds. The number of hydrogen-bond donors (Lipinski definition) is 1. The molecule has 2 aromatic rings. The van der Waals surface area contributed by atoms with Gasteiger partial charge in [0.05, 0.1) is 6.61 Å². The second-order valence-corrected chi connectivity index (χ2v) is 3.15. The molecule has 1 nitrogen and oxygen atoms in total.